The number of hydrogen-bond donors (Lipinski definition) is 2. The van der Waals surface area contributed by atoms with Gasteiger partial charge in [-0.3, -0.25) is 9.98 Å². The van der Waals surface area contributed by atoms with Gasteiger partial charge in [0.25, 0.3) is 0 Å². The van der Waals surface area contributed by atoms with Crippen LogP contribution in [-0.4, -0.2) is 64.6 Å². The third kappa shape index (κ3) is 31.3. The van der Waals surface area contributed by atoms with Crippen LogP contribution in [0.15, 0.2) is 58.5 Å². The molecule has 2 rings (SSSR count). The molecule has 2 radical (unpaired) electrons. The molecule has 0 saturated carbocycles. The van der Waals surface area contributed by atoms with Gasteiger partial charge in [-0.15, -0.1) is 11.5 Å². The smallest absolute Gasteiger partial charge is 0.872 e. The van der Waals surface area contributed by atoms with Gasteiger partial charge in [-0.1, -0.05) is 48.5 Å². The molecule has 0 aliphatic carbocycles. The monoisotopic (exact) mass is 616 g/mol. The largest absolute Gasteiger partial charge is 3.00 e. The quantitative estimate of drug-likeness (QED) is 0.196. The molecule has 2 aromatic rings. The van der Waals surface area contributed by atoms with E-state index in [0.717, 1.165) is 52.9 Å². The van der Waals surface area contributed by atoms with Crippen LogP contribution >= 0.6 is 0 Å². The van der Waals surface area contributed by atoms with Gasteiger partial charge in [-0.25, -0.2) is 0 Å². The van der Waals surface area contributed by atoms with Crippen LogP contribution in [-0.2, 0) is 42.6 Å². The average Bonchev–Trinajstić information content (AvgIpc) is 2.81. The number of para-hydroxylation sites is 2. The van der Waals surface area contributed by atoms with Crippen molar-refractivity contribution in [2.24, 2.45) is 9.98 Å². The topological polar surface area (TPSA) is 175 Å². The van der Waals surface area contributed by atoms with E-state index >= 15 is 0 Å². The molecule has 0 amide bonds. The van der Waals surface area contributed by atoms with E-state index < -0.39 is 11.9 Å². The maximum absolute atomic E-state index is 11.2. The zero-order valence-electron chi connectivity index (χ0n) is 22.0. The zero-order valence-corrected chi connectivity index (χ0v) is 24.0. The Kier molecular flexibility index (Phi) is 33.9. The van der Waals surface area contributed by atoms with Crippen LogP contribution in [0, 0.1) is 0 Å². The summed E-state index contributed by atoms with van der Waals surface area (Å²) < 4.78 is 0. The number of benzene rings is 2. The van der Waals surface area contributed by atoms with Gasteiger partial charge < -0.3 is 40.6 Å². The van der Waals surface area contributed by atoms with Crippen molar-refractivity contribution in [2.75, 3.05) is 40.3 Å². The first-order chi connectivity index (χ1) is 17.1. The molecule has 2 aromatic carbocycles. The van der Waals surface area contributed by atoms with Gasteiger partial charge in [0, 0.05) is 37.5 Å². The van der Waals surface area contributed by atoms with Crippen molar-refractivity contribution >= 4 is 24.4 Å². The van der Waals surface area contributed by atoms with E-state index in [1.54, 1.807) is 48.8 Å². The average molecular weight is 618 g/mol. The molecule has 0 atom stereocenters. The van der Waals surface area contributed by atoms with Crippen molar-refractivity contribution in [3.63, 3.8) is 0 Å². The maximum Gasteiger partial charge on any atom is 3.00 e. The van der Waals surface area contributed by atoms with Crippen LogP contribution in [0.3, 0.4) is 0 Å². The van der Waals surface area contributed by atoms with Gasteiger partial charge in [0.1, 0.15) is 0 Å². The summed E-state index contributed by atoms with van der Waals surface area (Å²) in [4.78, 5) is 26.1. The fourth-order valence-corrected chi connectivity index (χ4v) is 2.19. The van der Waals surface area contributed by atoms with Crippen LogP contribution in [0.1, 0.15) is 37.8 Å². The molecule has 214 valence electrons. The summed E-state index contributed by atoms with van der Waals surface area (Å²) in [5, 5.41) is 46.3. The van der Waals surface area contributed by atoms with Crippen molar-refractivity contribution in [1.82, 2.24) is 10.6 Å². The zero-order chi connectivity index (χ0) is 27.6. The SMILES string of the molecule is CC(=O)[O-].CC(=O)[O-].CNCCCN=Cc1ccccc1[O-].CNCCCN=Cc1ccccc1[O-].[Ni+3].[Ni+3]. The predicted molar refractivity (Wildman–Crippen MR) is 135 cm³/mol. The molecule has 0 saturated heterocycles. The molecule has 38 heavy (non-hydrogen) atoms. The van der Waals surface area contributed by atoms with Crippen molar-refractivity contribution in [3.05, 3.63) is 59.7 Å². The summed E-state index contributed by atoms with van der Waals surface area (Å²) in [6, 6.07) is 13.8. The van der Waals surface area contributed by atoms with Crippen molar-refractivity contribution in [1.29, 1.82) is 0 Å². The van der Waals surface area contributed by atoms with Gasteiger partial charge >= 0.3 is 33.0 Å². The van der Waals surface area contributed by atoms with Crippen LogP contribution in [0.5, 0.6) is 11.5 Å². The first kappa shape index (κ1) is 42.3. The van der Waals surface area contributed by atoms with Crippen molar-refractivity contribution < 1.29 is 63.0 Å². The molecule has 12 heteroatoms. The first-order valence-electron chi connectivity index (χ1n) is 11.3. The molecule has 2 N–H and O–H groups in total. The summed E-state index contributed by atoms with van der Waals surface area (Å²) in [5.41, 5.74) is 1.33. The second-order valence-electron chi connectivity index (χ2n) is 7.04. The molecule has 0 aromatic heterocycles. The third-order valence-electron chi connectivity index (χ3n) is 3.73. The summed E-state index contributed by atoms with van der Waals surface area (Å²) in [7, 11) is 3.83. The van der Waals surface area contributed by atoms with E-state index in [-0.39, 0.29) is 44.5 Å². The van der Waals surface area contributed by atoms with E-state index in [4.69, 9.17) is 19.8 Å². The minimum absolute atomic E-state index is 0. The summed E-state index contributed by atoms with van der Waals surface area (Å²) >= 11 is 0. The van der Waals surface area contributed by atoms with Gasteiger partial charge in [-0.2, -0.15) is 0 Å². The summed E-state index contributed by atoms with van der Waals surface area (Å²) in [6.07, 6.45) is 5.29. The number of carbonyl (C=O) groups excluding carboxylic acids is 2. The molecule has 0 bridgehead atoms. The van der Waals surface area contributed by atoms with Crippen LogP contribution in [0.4, 0.5) is 0 Å². The number of nitrogens with one attached hydrogen (secondary N) is 2. The molecule has 0 unspecified atom stereocenters. The van der Waals surface area contributed by atoms with Gasteiger partial charge in [-0.05, 0) is 65.0 Å². The molecule has 0 heterocycles. The normalized spacial score (nSPS) is 9.37. The number of carboxylic acid groups (broad SMARTS) is 2. The van der Waals surface area contributed by atoms with E-state index in [1.165, 1.54) is 0 Å². The first-order valence-corrected chi connectivity index (χ1v) is 11.3. The number of rotatable bonds is 10. The number of aliphatic carboxylic acids is 2. The molecule has 0 spiro atoms. The number of hydrogen-bond acceptors (Lipinski definition) is 10. The number of nitrogens with zero attached hydrogens (tertiary/aromatic N) is 2. The molecular weight excluding hydrogens is 582 g/mol. The van der Waals surface area contributed by atoms with Crippen molar-refractivity contribution in [2.45, 2.75) is 26.7 Å². The Hall–Kier alpha value is -2.77. The second kappa shape index (κ2) is 30.5. The predicted octanol–water partition coefficient (Wildman–Crippen LogP) is -0.915. The van der Waals surface area contributed by atoms with E-state index in [2.05, 4.69) is 20.6 Å². The standard InChI is InChI=1S/2C11H16N2O.2C2H4O2.2Ni/c2*1-12-7-4-8-13-9-10-5-2-3-6-11(10)14;2*1-2(3)4;;/h2*2-3,5-6,9,12,14H,4,7-8H2,1H3;2*1H3,(H,3,4);;/q;;;;2*+3/p-4. The third-order valence-corrected chi connectivity index (χ3v) is 3.73. The number of aliphatic imine (C=N–C) groups is 2. The van der Waals surface area contributed by atoms with E-state index in [0.29, 0.717) is 11.1 Å². The van der Waals surface area contributed by atoms with Gasteiger partial charge in [0.15, 0.2) is 0 Å². The maximum atomic E-state index is 11.2. The molecule has 10 nitrogen and oxygen atoms in total. The Morgan fingerprint density at radius 1 is 0.711 bits per heavy atom. The Morgan fingerprint density at radius 2 is 1.00 bits per heavy atom. The fraction of sp³-hybridized carbons (Fsp3) is 0.385. The molecule has 0 aliphatic rings. The number of carboxylic acids is 2. The number of carbonyl (C=O) groups is 2. The van der Waals surface area contributed by atoms with Crippen LogP contribution < -0.4 is 31.1 Å². The molecular formula is C26H36N4Ni2O6+2. The fourth-order valence-electron chi connectivity index (χ4n) is 2.19. The second-order valence-corrected chi connectivity index (χ2v) is 7.04. The van der Waals surface area contributed by atoms with Crippen LogP contribution in [0.25, 0.3) is 0 Å². The molecule has 0 aliphatic heterocycles. The Balaban J connectivity index is -0.000000228. The van der Waals surface area contributed by atoms with E-state index in [9.17, 15) is 10.2 Å². The minimum atomic E-state index is -1.08. The van der Waals surface area contributed by atoms with Gasteiger partial charge in [0.2, 0.25) is 0 Å². The Morgan fingerprint density at radius 3 is 1.26 bits per heavy atom. The minimum Gasteiger partial charge on any atom is -0.872 e. The van der Waals surface area contributed by atoms with Crippen LogP contribution in [0.2, 0.25) is 0 Å². The molecule has 0 fully saturated rings. The van der Waals surface area contributed by atoms with Crippen molar-refractivity contribution in [3.8, 4) is 11.5 Å². The Labute approximate surface area is 245 Å². The Bertz CT molecular complexity index is 833. The van der Waals surface area contributed by atoms with Gasteiger partial charge in [0.05, 0.1) is 0 Å². The summed E-state index contributed by atoms with van der Waals surface area (Å²) in [5.74, 6) is -2.10. The summed E-state index contributed by atoms with van der Waals surface area (Å²) in [6.45, 7) is 5.37. The van der Waals surface area contributed by atoms with E-state index in [1.807, 2.05) is 26.2 Å².